The van der Waals surface area contributed by atoms with Gasteiger partial charge in [-0.15, -0.1) is 0 Å². The van der Waals surface area contributed by atoms with E-state index in [2.05, 4.69) is 63.8 Å². The van der Waals surface area contributed by atoms with Crippen molar-refractivity contribution in [3.63, 3.8) is 0 Å². The van der Waals surface area contributed by atoms with Crippen LogP contribution in [0.3, 0.4) is 0 Å². The van der Waals surface area contributed by atoms with Crippen molar-refractivity contribution >= 4 is 11.8 Å². The van der Waals surface area contributed by atoms with E-state index < -0.39 is 0 Å². The molecular weight excluding hydrogens is 360 g/mol. The minimum atomic E-state index is 0.0298. The van der Waals surface area contributed by atoms with Crippen LogP contribution in [0.25, 0.3) is 0 Å². The highest BCUT2D eigenvalue weighted by molar-refractivity contribution is 5.78. The summed E-state index contributed by atoms with van der Waals surface area (Å²) < 4.78 is 0. The van der Waals surface area contributed by atoms with Crippen LogP contribution in [-0.2, 0) is 15.0 Å². The molecule has 1 unspecified atom stereocenters. The van der Waals surface area contributed by atoms with Gasteiger partial charge in [-0.2, -0.15) is 0 Å². The van der Waals surface area contributed by atoms with Gasteiger partial charge in [0.15, 0.2) is 0 Å². The van der Waals surface area contributed by atoms with E-state index in [1.807, 2.05) is 4.90 Å². The fourth-order valence-corrected chi connectivity index (χ4v) is 5.35. The summed E-state index contributed by atoms with van der Waals surface area (Å²) in [5.41, 5.74) is 2.95. The summed E-state index contributed by atoms with van der Waals surface area (Å²) in [7, 11) is 0. The summed E-state index contributed by atoms with van der Waals surface area (Å²) >= 11 is 0. The first-order valence-electron chi connectivity index (χ1n) is 11.3. The lowest BCUT2D eigenvalue weighted by Gasteiger charge is -2.41. The summed E-state index contributed by atoms with van der Waals surface area (Å²) in [4.78, 5) is 29.5. The van der Waals surface area contributed by atoms with Gasteiger partial charge >= 0.3 is 0 Å². The van der Waals surface area contributed by atoms with Crippen molar-refractivity contribution in [2.75, 3.05) is 26.2 Å². The predicted octanol–water partition coefficient (Wildman–Crippen LogP) is 4.73. The molecule has 4 heteroatoms. The lowest BCUT2D eigenvalue weighted by atomic mass is 9.73. The van der Waals surface area contributed by atoms with Crippen molar-refractivity contribution in [2.24, 2.45) is 5.41 Å². The van der Waals surface area contributed by atoms with Crippen LogP contribution in [0.1, 0.15) is 83.8 Å². The van der Waals surface area contributed by atoms with Gasteiger partial charge in [-0.3, -0.25) is 9.59 Å². The Labute approximate surface area is 176 Å². The first kappa shape index (κ1) is 21.9. The minimum absolute atomic E-state index is 0.0298. The number of piperidine rings is 1. The Bertz CT molecular complexity index is 737. The molecule has 0 bridgehead atoms. The van der Waals surface area contributed by atoms with Crippen molar-refractivity contribution in [2.45, 2.75) is 78.1 Å². The minimum Gasteiger partial charge on any atom is -0.343 e. The number of carbonyl (C=O) groups excluding carboxylic acids is 2. The zero-order chi connectivity index (χ0) is 21.2. The van der Waals surface area contributed by atoms with Crippen LogP contribution >= 0.6 is 0 Å². The van der Waals surface area contributed by atoms with E-state index in [1.165, 1.54) is 11.1 Å². The molecule has 3 rings (SSSR count). The zero-order valence-corrected chi connectivity index (χ0v) is 19.0. The fourth-order valence-electron chi connectivity index (χ4n) is 5.35. The van der Waals surface area contributed by atoms with E-state index >= 15 is 0 Å². The van der Waals surface area contributed by atoms with Crippen molar-refractivity contribution in [3.8, 4) is 0 Å². The summed E-state index contributed by atoms with van der Waals surface area (Å²) in [5.74, 6) is 0.854. The first-order chi connectivity index (χ1) is 13.7. The van der Waals surface area contributed by atoms with Crippen molar-refractivity contribution in [3.05, 3.63) is 35.4 Å². The monoisotopic (exact) mass is 398 g/mol. The number of fused-ring (bicyclic) bond motifs is 2. The van der Waals surface area contributed by atoms with Gasteiger partial charge in [0, 0.05) is 39.0 Å². The van der Waals surface area contributed by atoms with Crippen molar-refractivity contribution in [1.29, 1.82) is 0 Å². The number of nitrogens with zero attached hydrogens (tertiary/aromatic N) is 2. The van der Waals surface area contributed by atoms with E-state index in [1.54, 1.807) is 0 Å². The normalized spacial score (nSPS) is 20.6. The maximum atomic E-state index is 12.8. The van der Waals surface area contributed by atoms with Crippen LogP contribution in [-0.4, -0.2) is 47.8 Å². The average molecular weight is 399 g/mol. The van der Waals surface area contributed by atoms with Crippen LogP contribution in [0.15, 0.2) is 24.3 Å². The standard InChI is InChI=1S/C25H38N2O2/c1-6-26(7-2)22(28)16-19-17-25(21-11-9-8-10-20(19)21)12-14-27(15-13-25)23(29)18-24(3,4)5/h8-11,19H,6-7,12-18H2,1-5H3. The maximum Gasteiger partial charge on any atom is 0.223 e. The van der Waals surface area contributed by atoms with Crippen LogP contribution in [0.5, 0.6) is 0 Å². The van der Waals surface area contributed by atoms with E-state index in [0.29, 0.717) is 18.8 Å². The topological polar surface area (TPSA) is 40.6 Å². The Morgan fingerprint density at radius 1 is 1.10 bits per heavy atom. The Morgan fingerprint density at radius 2 is 1.72 bits per heavy atom. The number of carbonyl (C=O) groups is 2. The highest BCUT2D eigenvalue weighted by Gasteiger charge is 2.46. The van der Waals surface area contributed by atoms with Crippen molar-refractivity contribution < 1.29 is 9.59 Å². The SMILES string of the molecule is CCN(CC)C(=O)CC1CC2(CCN(C(=O)CC(C)(C)C)CC2)c2ccccc21. The molecule has 1 heterocycles. The predicted molar refractivity (Wildman–Crippen MR) is 118 cm³/mol. The maximum absolute atomic E-state index is 12.8. The zero-order valence-electron chi connectivity index (χ0n) is 19.0. The van der Waals surface area contributed by atoms with Gasteiger partial charge in [-0.25, -0.2) is 0 Å². The summed E-state index contributed by atoms with van der Waals surface area (Å²) in [6.45, 7) is 13.7. The molecule has 1 spiro atoms. The summed E-state index contributed by atoms with van der Waals surface area (Å²) in [6, 6.07) is 8.73. The molecule has 0 radical (unpaired) electrons. The largest absolute Gasteiger partial charge is 0.343 e. The van der Waals surface area contributed by atoms with Crippen LogP contribution < -0.4 is 0 Å². The van der Waals surface area contributed by atoms with Gasteiger partial charge < -0.3 is 9.80 Å². The lowest BCUT2D eigenvalue weighted by Crippen LogP contribution is -2.45. The molecule has 0 aromatic heterocycles. The number of hydrogen-bond donors (Lipinski definition) is 0. The third-order valence-corrected chi connectivity index (χ3v) is 6.90. The quantitative estimate of drug-likeness (QED) is 0.719. The van der Waals surface area contributed by atoms with E-state index in [4.69, 9.17) is 0 Å². The van der Waals surface area contributed by atoms with Gasteiger partial charge in [0.05, 0.1) is 0 Å². The van der Waals surface area contributed by atoms with Crippen molar-refractivity contribution in [1.82, 2.24) is 9.80 Å². The molecule has 29 heavy (non-hydrogen) atoms. The van der Waals surface area contributed by atoms with E-state index in [-0.39, 0.29) is 22.6 Å². The molecule has 0 saturated carbocycles. The van der Waals surface area contributed by atoms with Crippen LogP contribution in [0.4, 0.5) is 0 Å². The van der Waals surface area contributed by atoms with Crippen LogP contribution in [0.2, 0.25) is 0 Å². The Kier molecular flexibility index (Phi) is 6.40. The average Bonchev–Trinajstić information content (AvgIpc) is 2.95. The van der Waals surface area contributed by atoms with Crippen LogP contribution in [0, 0.1) is 5.41 Å². The lowest BCUT2D eigenvalue weighted by molar-refractivity contribution is -0.134. The number of hydrogen-bond acceptors (Lipinski definition) is 2. The molecule has 4 nitrogen and oxygen atoms in total. The Morgan fingerprint density at radius 3 is 2.31 bits per heavy atom. The third kappa shape index (κ3) is 4.67. The third-order valence-electron chi connectivity index (χ3n) is 6.90. The molecule has 0 N–H and O–H groups in total. The second kappa shape index (κ2) is 8.49. The highest BCUT2D eigenvalue weighted by atomic mass is 16.2. The van der Waals surface area contributed by atoms with Gasteiger partial charge in [-0.1, -0.05) is 45.0 Å². The first-order valence-corrected chi connectivity index (χ1v) is 11.3. The summed E-state index contributed by atoms with van der Waals surface area (Å²) in [5, 5.41) is 0. The van der Waals surface area contributed by atoms with Gasteiger partial charge in [0.25, 0.3) is 0 Å². The van der Waals surface area contributed by atoms with Gasteiger partial charge in [0.2, 0.25) is 11.8 Å². The summed E-state index contributed by atoms with van der Waals surface area (Å²) in [6.07, 6.45) is 4.27. The van der Waals surface area contributed by atoms with Gasteiger partial charge in [-0.05, 0) is 61.0 Å². The smallest absolute Gasteiger partial charge is 0.223 e. The van der Waals surface area contributed by atoms with Gasteiger partial charge in [0.1, 0.15) is 0 Å². The highest BCUT2D eigenvalue weighted by Crippen LogP contribution is 2.52. The second-order valence-corrected chi connectivity index (χ2v) is 10.2. The number of rotatable bonds is 5. The molecule has 1 fully saturated rings. The molecule has 1 aliphatic carbocycles. The molecule has 1 aliphatic heterocycles. The number of benzene rings is 1. The molecule has 160 valence electrons. The number of likely N-dealkylation sites (tertiary alicyclic amines) is 1. The molecule has 2 amide bonds. The number of amides is 2. The molecule has 1 atom stereocenters. The van der Waals surface area contributed by atoms with E-state index in [0.717, 1.165) is 45.4 Å². The Hall–Kier alpha value is -1.84. The molecule has 1 aromatic rings. The fraction of sp³-hybridized carbons (Fsp3) is 0.680. The second-order valence-electron chi connectivity index (χ2n) is 10.2. The molecule has 1 aromatic carbocycles. The Balaban J connectivity index is 1.73. The molecule has 1 saturated heterocycles. The molecule has 2 aliphatic rings. The van der Waals surface area contributed by atoms with E-state index in [9.17, 15) is 9.59 Å². The molecular formula is C25H38N2O2.